The molecule has 3 nitrogen and oxygen atoms in total. The van der Waals surface area contributed by atoms with E-state index in [1.165, 1.54) is 0 Å². The van der Waals surface area contributed by atoms with Crippen LogP contribution in [0.25, 0.3) is 0 Å². The SMILES string of the molecule is CCNC(=O)N1CC(F)(F)C1. The van der Waals surface area contributed by atoms with Gasteiger partial charge in [-0.25, -0.2) is 13.6 Å². The first-order valence-electron chi connectivity index (χ1n) is 3.46. The highest BCUT2D eigenvalue weighted by molar-refractivity contribution is 5.75. The summed E-state index contributed by atoms with van der Waals surface area (Å²) in [6.45, 7) is 1.33. The highest BCUT2D eigenvalue weighted by Crippen LogP contribution is 2.26. The molecule has 0 saturated carbocycles. The molecule has 0 aromatic rings. The number of likely N-dealkylation sites (tertiary alicyclic amines) is 1. The summed E-state index contributed by atoms with van der Waals surface area (Å²) in [5.74, 6) is -2.66. The van der Waals surface area contributed by atoms with Crippen LogP contribution in [0.2, 0.25) is 0 Å². The Bertz CT molecular complexity index is 164. The molecule has 2 amide bonds. The molecule has 11 heavy (non-hydrogen) atoms. The van der Waals surface area contributed by atoms with Gasteiger partial charge in [-0.3, -0.25) is 0 Å². The van der Waals surface area contributed by atoms with Gasteiger partial charge in [-0.05, 0) is 6.92 Å². The van der Waals surface area contributed by atoms with Crippen LogP contribution in [-0.2, 0) is 0 Å². The largest absolute Gasteiger partial charge is 0.338 e. The van der Waals surface area contributed by atoms with Crippen LogP contribution in [-0.4, -0.2) is 36.5 Å². The summed E-state index contributed by atoms with van der Waals surface area (Å²) in [6.07, 6.45) is 0. The van der Waals surface area contributed by atoms with E-state index in [2.05, 4.69) is 5.32 Å². The third kappa shape index (κ3) is 1.78. The van der Waals surface area contributed by atoms with Crippen molar-refractivity contribution >= 4 is 6.03 Å². The number of carbonyl (C=O) groups is 1. The third-order valence-electron chi connectivity index (χ3n) is 1.46. The van der Waals surface area contributed by atoms with Gasteiger partial charge in [-0.15, -0.1) is 0 Å². The van der Waals surface area contributed by atoms with Gasteiger partial charge >= 0.3 is 6.03 Å². The molecule has 1 rings (SSSR count). The molecule has 0 unspecified atom stereocenters. The molecular formula is C6H10F2N2O. The number of hydrogen-bond acceptors (Lipinski definition) is 1. The molecule has 1 aliphatic rings. The highest BCUT2D eigenvalue weighted by Gasteiger charge is 2.46. The monoisotopic (exact) mass is 164 g/mol. The Kier molecular flexibility index (Phi) is 1.97. The van der Waals surface area contributed by atoms with Crippen molar-refractivity contribution in [2.24, 2.45) is 0 Å². The van der Waals surface area contributed by atoms with E-state index in [0.29, 0.717) is 6.54 Å². The number of hydrogen-bond donors (Lipinski definition) is 1. The van der Waals surface area contributed by atoms with Gasteiger partial charge in [0.1, 0.15) is 0 Å². The lowest BCUT2D eigenvalue weighted by Crippen LogP contribution is -2.60. The molecule has 5 heteroatoms. The van der Waals surface area contributed by atoms with Gasteiger partial charge in [0.15, 0.2) is 0 Å². The van der Waals surface area contributed by atoms with E-state index in [1.54, 1.807) is 6.92 Å². The molecule has 0 radical (unpaired) electrons. The Hall–Kier alpha value is -0.870. The van der Waals surface area contributed by atoms with E-state index in [0.717, 1.165) is 4.90 Å². The minimum atomic E-state index is -2.66. The average molecular weight is 164 g/mol. The fraction of sp³-hybridized carbons (Fsp3) is 0.833. The maximum Gasteiger partial charge on any atom is 0.317 e. The molecule has 0 bridgehead atoms. The van der Waals surface area contributed by atoms with Crippen molar-refractivity contribution in [3.63, 3.8) is 0 Å². The second kappa shape index (κ2) is 2.64. The minimum Gasteiger partial charge on any atom is -0.338 e. The number of carbonyl (C=O) groups excluding carboxylic acids is 1. The van der Waals surface area contributed by atoms with Crippen LogP contribution in [0.15, 0.2) is 0 Å². The van der Waals surface area contributed by atoms with E-state index < -0.39 is 25.0 Å². The fourth-order valence-electron chi connectivity index (χ4n) is 0.919. The maximum absolute atomic E-state index is 12.2. The molecule has 0 aromatic heterocycles. The van der Waals surface area contributed by atoms with Gasteiger partial charge in [0.05, 0.1) is 13.1 Å². The smallest absolute Gasteiger partial charge is 0.317 e. The topological polar surface area (TPSA) is 32.3 Å². The standard InChI is InChI=1S/C6H10F2N2O/c1-2-9-5(11)10-3-6(7,8)4-10/h2-4H2,1H3,(H,9,11). The minimum absolute atomic E-state index is 0.404. The van der Waals surface area contributed by atoms with Crippen molar-refractivity contribution in [1.29, 1.82) is 0 Å². The predicted octanol–water partition coefficient (Wildman–Crippen LogP) is 0.667. The lowest BCUT2D eigenvalue weighted by Gasteiger charge is -2.38. The number of urea groups is 1. The Morgan fingerprint density at radius 1 is 1.64 bits per heavy atom. The Morgan fingerprint density at radius 2 is 2.18 bits per heavy atom. The van der Waals surface area contributed by atoms with Crippen molar-refractivity contribution in [2.45, 2.75) is 12.8 Å². The molecule has 1 aliphatic heterocycles. The van der Waals surface area contributed by atoms with Gasteiger partial charge in [-0.2, -0.15) is 0 Å². The summed E-state index contributed by atoms with van der Waals surface area (Å²) >= 11 is 0. The van der Waals surface area contributed by atoms with Gasteiger partial charge in [-0.1, -0.05) is 0 Å². The van der Waals surface area contributed by atoms with Crippen molar-refractivity contribution in [3.8, 4) is 0 Å². The third-order valence-corrected chi connectivity index (χ3v) is 1.46. The lowest BCUT2D eigenvalue weighted by atomic mass is 10.2. The van der Waals surface area contributed by atoms with Gasteiger partial charge in [0, 0.05) is 6.54 Å². The molecule has 0 aromatic carbocycles. The van der Waals surface area contributed by atoms with E-state index in [9.17, 15) is 13.6 Å². The fourth-order valence-corrected chi connectivity index (χ4v) is 0.919. The zero-order valence-corrected chi connectivity index (χ0v) is 6.23. The van der Waals surface area contributed by atoms with Crippen LogP contribution in [0, 0.1) is 0 Å². The normalized spacial score (nSPS) is 20.8. The predicted molar refractivity (Wildman–Crippen MR) is 35.6 cm³/mol. The number of rotatable bonds is 1. The van der Waals surface area contributed by atoms with Crippen molar-refractivity contribution in [2.75, 3.05) is 19.6 Å². The summed E-state index contributed by atoms with van der Waals surface area (Å²) in [5, 5.41) is 2.44. The summed E-state index contributed by atoms with van der Waals surface area (Å²) in [4.78, 5) is 11.9. The second-order valence-electron chi connectivity index (χ2n) is 2.55. The van der Waals surface area contributed by atoms with Crippen LogP contribution in [0.5, 0.6) is 0 Å². The summed E-state index contributed by atoms with van der Waals surface area (Å²) < 4.78 is 24.3. The van der Waals surface area contributed by atoms with Crippen molar-refractivity contribution in [1.82, 2.24) is 10.2 Å². The summed E-state index contributed by atoms with van der Waals surface area (Å²) in [6, 6.07) is -0.404. The molecule has 0 aliphatic carbocycles. The zero-order chi connectivity index (χ0) is 8.48. The number of halogens is 2. The van der Waals surface area contributed by atoms with E-state index >= 15 is 0 Å². The number of amides is 2. The molecule has 1 saturated heterocycles. The van der Waals surface area contributed by atoms with Crippen LogP contribution < -0.4 is 5.32 Å². The first-order valence-corrected chi connectivity index (χ1v) is 3.46. The molecule has 1 heterocycles. The number of nitrogens with zero attached hydrogens (tertiary/aromatic N) is 1. The molecule has 64 valence electrons. The van der Waals surface area contributed by atoms with Gasteiger partial charge < -0.3 is 10.2 Å². The lowest BCUT2D eigenvalue weighted by molar-refractivity contribution is -0.109. The summed E-state index contributed by atoms with van der Waals surface area (Å²) in [5.41, 5.74) is 0. The van der Waals surface area contributed by atoms with E-state index in [1.807, 2.05) is 0 Å². The molecule has 1 N–H and O–H groups in total. The second-order valence-corrected chi connectivity index (χ2v) is 2.55. The van der Waals surface area contributed by atoms with E-state index in [-0.39, 0.29) is 0 Å². The van der Waals surface area contributed by atoms with Crippen LogP contribution in [0.4, 0.5) is 13.6 Å². The van der Waals surface area contributed by atoms with Crippen LogP contribution in [0.1, 0.15) is 6.92 Å². The van der Waals surface area contributed by atoms with Crippen LogP contribution in [0.3, 0.4) is 0 Å². The molecule has 1 fully saturated rings. The van der Waals surface area contributed by atoms with Crippen molar-refractivity contribution < 1.29 is 13.6 Å². The Labute approximate surface area is 63.4 Å². The quantitative estimate of drug-likeness (QED) is 0.606. The Balaban J connectivity index is 2.27. The maximum atomic E-state index is 12.2. The number of nitrogens with one attached hydrogen (secondary N) is 1. The van der Waals surface area contributed by atoms with Gasteiger partial charge in [0.25, 0.3) is 5.92 Å². The first-order chi connectivity index (χ1) is 5.05. The summed E-state index contributed by atoms with van der Waals surface area (Å²) in [7, 11) is 0. The Morgan fingerprint density at radius 3 is 2.55 bits per heavy atom. The number of alkyl halides is 2. The van der Waals surface area contributed by atoms with E-state index in [4.69, 9.17) is 0 Å². The van der Waals surface area contributed by atoms with Gasteiger partial charge in [0.2, 0.25) is 0 Å². The molecule has 0 spiro atoms. The van der Waals surface area contributed by atoms with Crippen molar-refractivity contribution in [3.05, 3.63) is 0 Å². The average Bonchev–Trinajstić information content (AvgIpc) is 1.83. The highest BCUT2D eigenvalue weighted by atomic mass is 19.3. The first kappa shape index (κ1) is 8.23. The molecular weight excluding hydrogens is 154 g/mol. The zero-order valence-electron chi connectivity index (χ0n) is 6.23. The molecule has 0 atom stereocenters. The van der Waals surface area contributed by atoms with Crippen LogP contribution >= 0.6 is 0 Å².